The van der Waals surface area contributed by atoms with Crippen LogP contribution < -0.4 is 15.2 Å². The number of terminal acetylenes is 1. The summed E-state index contributed by atoms with van der Waals surface area (Å²) in [5, 5.41) is 4.02. The van der Waals surface area contributed by atoms with Gasteiger partial charge in [-0.1, -0.05) is 17.5 Å². The van der Waals surface area contributed by atoms with Crippen LogP contribution in [0.4, 0.5) is 13.2 Å². The van der Waals surface area contributed by atoms with E-state index in [1.165, 1.54) is 9.25 Å². The lowest BCUT2D eigenvalue weighted by atomic mass is 10.2. The first kappa shape index (κ1) is 22.3. The summed E-state index contributed by atoms with van der Waals surface area (Å²) < 4.78 is 52.1. The molecule has 1 aromatic heterocycles. The molecular weight excluding hydrogens is 435 g/mol. The van der Waals surface area contributed by atoms with E-state index >= 15 is 0 Å². The Hall–Kier alpha value is -3.38. The summed E-state index contributed by atoms with van der Waals surface area (Å²) in [6.07, 6.45) is 0.197. The number of alkyl halides is 3. The van der Waals surface area contributed by atoms with Crippen molar-refractivity contribution in [2.24, 2.45) is 7.05 Å². The molecule has 31 heavy (non-hydrogen) atoms. The minimum absolute atomic E-state index is 0.0535. The van der Waals surface area contributed by atoms with Crippen molar-refractivity contribution in [3.8, 4) is 29.6 Å². The lowest BCUT2D eigenvalue weighted by Gasteiger charge is -2.14. The zero-order valence-corrected chi connectivity index (χ0v) is 17.2. The lowest BCUT2D eigenvalue weighted by Crippen LogP contribution is -2.23. The Labute approximate surface area is 180 Å². The summed E-state index contributed by atoms with van der Waals surface area (Å²) in [6, 6.07) is 9.23. The third-order valence-corrected chi connectivity index (χ3v) is 4.60. The highest BCUT2D eigenvalue weighted by Crippen LogP contribution is 2.36. The van der Waals surface area contributed by atoms with Gasteiger partial charge >= 0.3 is 11.9 Å². The van der Waals surface area contributed by atoms with Gasteiger partial charge in [0, 0.05) is 7.05 Å². The Morgan fingerprint density at radius 2 is 1.84 bits per heavy atom. The Balaban J connectivity index is 1.70. The normalized spacial score (nSPS) is 12.3. The number of hydrogen-bond donors (Lipinski definition) is 0. The molecule has 162 valence electrons. The van der Waals surface area contributed by atoms with Crippen LogP contribution in [0.2, 0.25) is 5.02 Å². The van der Waals surface area contributed by atoms with Crippen LogP contribution >= 0.6 is 11.6 Å². The molecule has 10 heteroatoms. The molecule has 0 aliphatic heterocycles. The monoisotopic (exact) mass is 451 g/mol. The van der Waals surface area contributed by atoms with E-state index in [1.807, 2.05) is 0 Å². The van der Waals surface area contributed by atoms with Gasteiger partial charge < -0.3 is 9.47 Å². The average molecular weight is 452 g/mol. The van der Waals surface area contributed by atoms with E-state index in [0.29, 0.717) is 17.3 Å². The van der Waals surface area contributed by atoms with Crippen molar-refractivity contribution in [1.29, 1.82) is 0 Å². The fourth-order valence-corrected chi connectivity index (χ4v) is 3.00. The van der Waals surface area contributed by atoms with E-state index < -0.39 is 17.8 Å². The van der Waals surface area contributed by atoms with Crippen LogP contribution in [-0.2, 0) is 19.8 Å². The smallest absolute Gasteiger partial charge is 0.416 e. The molecule has 1 heterocycles. The van der Waals surface area contributed by atoms with Crippen LogP contribution in [0, 0.1) is 12.3 Å². The first-order valence-electron chi connectivity index (χ1n) is 8.98. The molecule has 3 aromatic rings. The van der Waals surface area contributed by atoms with Crippen molar-refractivity contribution in [1.82, 2.24) is 14.3 Å². The number of aromatic nitrogens is 3. The maximum Gasteiger partial charge on any atom is 0.416 e. The highest BCUT2D eigenvalue weighted by molar-refractivity contribution is 6.32. The van der Waals surface area contributed by atoms with Gasteiger partial charge in [-0.15, -0.1) is 11.5 Å². The molecule has 0 radical (unpaired) electrons. The minimum atomic E-state index is -4.49. The number of rotatable bonds is 6. The van der Waals surface area contributed by atoms with Crippen LogP contribution in [0.15, 0.2) is 47.3 Å². The summed E-state index contributed by atoms with van der Waals surface area (Å²) in [6.45, 7) is 1.78. The predicted octanol–water partition coefficient (Wildman–Crippen LogP) is 4.82. The van der Waals surface area contributed by atoms with Crippen LogP contribution in [0.5, 0.6) is 17.2 Å². The van der Waals surface area contributed by atoms with Gasteiger partial charge in [-0.05, 0) is 49.4 Å². The summed E-state index contributed by atoms with van der Waals surface area (Å²) >= 11 is 5.91. The fraction of sp³-hybridized carbons (Fsp3) is 0.238. The van der Waals surface area contributed by atoms with E-state index in [-0.39, 0.29) is 23.0 Å². The van der Waals surface area contributed by atoms with E-state index in [4.69, 9.17) is 27.5 Å². The van der Waals surface area contributed by atoms with Crippen molar-refractivity contribution < 1.29 is 22.6 Å². The minimum Gasteiger partial charge on any atom is -0.483 e. The van der Waals surface area contributed by atoms with Crippen LogP contribution in [0.25, 0.3) is 0 Å². The molecule has 0 saturated carbocycles. The second-order valence-corrected chi connectivity index (χ2v) is 6.95. The number of ether oxygens (including phenoxy) is 2. The number of halogens is 4. The molecule has 0 bridgehead atoms. The Kier molecular flexibility index (Phi) is 6.32. The molecule has 6 nitrogen and oxygen atoms in total. The van der Waals surface area contributed by atoms with Gasteiger partial charge in [0.1, 0.15) is 23.8 Å². The van der Waals surface area contributed by atoms with Crippen LogP contribution in [0.3, 0.4) is 0 Å². The summed E-state index contributed by atoms with van der Waals surface area (Å²) in [5.41, 5.74) is -1.21. The second kappa shape index (κ2) is 8.78. The van der Waals surface area contributed by atoms with Crippen molar-refractivity contribution in [3.05, 3.63) is 69.4 Å². The quantitative estimate of drug-likeness (QED) is 0.504. The van der Waals surface area contributed by atoms with Gasteiger partial charge in [0.15, 0.2) is 11.9 Å². The van der Waals surface area contributed by atoms with Gasteiger partial charge in [-0.25, -0.2) is 9.48 Å². The molecular formula is C21H17ClF3N3O3. The third-order valence-electron chi connectivity index (χ3n) is 4.30. The van der Waals surface area contributed by atoms with Crippen molar-refractivity contribution in [2.75, 3.05) is 0 Å². The molecule has 3 rings (SSSR count). The molecule has 0 spiro atoms. The third kappa shape index (κ3) is 5.03. The average Bonchev–Trinajstić information content (AvgIpc) is 2.99. The first-order valence-corrected chi connectivity index (χ1v) is 9.36. The number of hydrogen-bond acceptors (Lipinski definition) is 4. The van der Waals surface area contributed by atoms with E-state index in [9.17, 15) is 18.0 Å². The second-order valence-electron chi connectivity index (χ2n) is 6.54. The molecule has 1 atom stereocenters. The van der Waals surface area contributed by atoms with E-state index in [1.54, 1.807) is 38.2 Å². The van der Waals surface area contributed by atoms with Crippen LogP contribution in [-0.4, -0.2) is 14.3 Å². The maximum atomic E-state index is 12.7. The fourth-order valence-electron chi connectivity index (χ4n) is 2.78. The molecule has 0 N–H and O–H groups in total. The van der Waals surface area contributed by atoms with Gasteiger partial charge in [0.25, 0.3) is 0 Å². The lowest BCUT2D eigenvalue weighted by molar-refractivity contribution is -0.137. The van der Waals surface area contributed by atoms with Crippen molar-refractivity contribution >= 4 is 11.6 Å². The van der Waals surface area contributed by atoms with Gasteiger partial charge in [0.2, 0.25) is 0 Å². The largest absolute Gasteiger partial charge is 0.483 e. The number of nitrogens with zero attached hydrogens (tertiary/aromatic N) is 3. The summed E-state index contributed by atoms with van der Waals surface area (Å²) in [4.78, 5) is 12.1. The predicted molar refractivity (Wildman–Crippen MR) is 108 cm³/mol. The zero-order chi connectivity index (χ0) is 22.8. The molecule has 2 aromatic carbocycles. The number of benzene rings is 2. The zero-order valence-electron chi connectivity index (χ0n) is 16.5. The van der Waals surface area contributed by atoms with E-state index in [2.05, 4.69) is 11.0 Å². The van der Waals surface area contributed by atoms with Gasteiger partial charge in [0.05, 0.1) is 10.6 Å². The molecule has 0 aliphatic carbocycles. The SMILES string of the molecule is C#CCn1nc(C(C)Oc2ccc(Oc3ccc(C(F)(F)F)cc3Cl)cc2)n(C)c1=O. The van der Waals surface area contributed by atoms with E-state index in [0.717, 1.165) is 18.2 Å². The Bertz CT molecular complexity index is 1180. The van der Waals surface area contributed by atoms with Gasteiger partial charge in [-0.2, -0.15) is 13.2 Å². The Morgan fingerprint density at radius 1 is 1.19 bits per heavy atom. The highest BCUT2D eigenvalue weighted by atomic mass is 35.5. The first-order chi connectivity index (χ1) is 14.6. The molecule has 0 amide bonds. The summed E-state index contributed by atoms with van der Waals surface area (Å²) in [7, 11) is 1.57. The van der Waals surface area contributed by atoms with Crippen molar-refractivity contribution in [3.63, 3.8) is 0 Å². The topological polar surface area (TPSA) is 58.3 Å². The van der Waals surface area contributed by atoms with Crippen LogP contribution in [0.1, 0.15) is 24.4 Å². The molecule has 0 saturated heterocycles. The standard InChI is InChI=1S/C21H17ClF3N3O3/c1-4-11-28-20(29)27(3)19(26-28)13(2)30-15-6-8-16(9-7-15)31-18-10-5-14(12-17(18)22)21(23,24)25/h1,5-10,12-13H,11H2,2-3H3. The van der Waals surface area contributed by atoms with Gasteiger partial charge in [-0.3, -0.25) is 4.57 Å². The highest BCUT2D eigenvalue weighted by Gasteiger charge is 2.31. The maximum absolute atomic E-state index is 12.7. The van der Waals surface area contributed by atoms with Crippen molar-refractivity contribution in [2.45, 2.75) is 25.7 Å². The molecule has 0 aliphatic rings. The molecule has 0 fully saturated rings. The Morgan fingerprint density at radius 3 is 2.42 bits per heavy atom. The summed E-state index contributed by atoms with van der Waals surface area (Å²) in [5.74, 6) is 3.67. The molecule has 1 unspecified atom stereocenters.